The molecule has 0 fully saturated rings. The van der Waals surface area contributed by atoms with Crippen LogP contribution in [0.5, 0.6) is 0 Å². The fourth-order valence-electron chi connectivity index (χ4n) is 1.24. The van der Waals surface area contributed by atoms with Gasteiger partial charge in [0.05, 0.1) is 25.6 Å². The maximum Gasteiger partial charge on any atom is 0.344 e. The van der Waals surface area contributed by atoms with Crippen LogP contribution in [0, 0.1) is 0 Å². The maximum absolute atomic E-state index is 12.0. The topological polar surface area (TPSA) is 111 Å². The molecule has 17 heavy (non-hydrogen) atoms. The van der Waals surface area contributed by atoms with Gasteiger partial charge < -0.3 is 19.9 Å². The molecule has 4 N–H and O–H groups in total. The molecule has 0 aliphatic carbocycles. The van der Waals surface area contributed by atoms with Crippen molar-refractivity contribution in [1.29, 1.82) is 0 Å². The van der Waals surface area contributed by atoms with Gasteiger partial charge in [-0.3, -0.25) is 14.7 Å². The van der Waals surface area contributed by atoms with Gasteiger partial charge in [0.15, 0.2) is 0 Å². The number of nitrogens with two attached hydrogens (primary N) is 1. The van der Waals surface area contributed by atoms with Gasteiger partial charge in [0.2, 0.25) is 5.91 Å². The molecular weight excluding hydrogens is 247 g/mol. The van der Waals surface area contributed by atoms with E-state index in [9.17, 15) is 14.5 Å². The van der Waals surface area contributed by atoms with Gasteiger partial charge in [-0.05, 0) is 20.8 Å². The Balaban J connectivity index is 4.47. The molecule has 0 spiro atoms. The largest absolute Gasteiger partial charge is 0.391 e. The molecule has 0 aromatic carbocycles. The highest BCUT2D eigenvalue weighted by atomic mass is 31.2. The number of carbonyl (C=O) groups is 1. The van der Waals surface area contributed by atoms with E-state index in [1.54, 1.807) is 13.8 Å². The van der Waals surface area contributed by atoms with Crippen molar-refractivity contribution in [1.82, 2.24) is 5.32 Å². The molecule has 0 heterocycles. The number of rotatable bonds is 9. The maximum atomic E-state index is 12.0. The fraction of sp³-hybridized carbons (Fsp3) is 0.889. The molecule has 2 atom stereocenters. The minimum absolute atomic E-state index is 0.173. The summed E-state index contributed by atoms with van der Waals surface area (Å²) in [6.07, 6.45) is -1.16. The van der Waals surface area contributed by atoms with Crippen LogP contribution in [0.15, 0.2) is 0 Å². The van der Waals surface area contributed by atoms with E-state index in [0.717, 1.165) is 0 Å². The molecule has 0 rings (SSSR count). The van der Waals surface area contributed by atoms with Gasteiger partial charge in [-0.25, -0.2) is 0 Å². The number of aliphatic hydroxyl groups excluding tert-OH is 1. The van der Waals surface area contributed by atoms with Crippen LogP contribution in [0.3, 0.4) is 0 Å². The number of nitrogens with one attached hydrogen (secondary N) is 1. The first-order valence-corrected chi connectivity index (χ1v) is 7.18. The number of hydrogen-bond acceptors (Lipinski definition) is 6. The van der Waals surface area contributed by atoms with Gasteiger partial charge in [-0.15, -0.1) is 0 Å². The van der Waals surface area contributed by atoms with Crippen LogP contribution in [-0.2, 0) is 18.4 Å². The predicted octanol–water partition coefficient (Wildman–Crippen LogP) is 0.0343. The normalized spacial score (nSPS) is 15.5. The first-order valence-electron chi connectivity index (χ1n) is 5.45. The molecule has 0 bridgehead atoms. The first kappa shape index (κ1) is 16.5. The molecular formula is C9H21N2O5P. The Bertz CT molecular complexity index is 275. The number of carbonyl (C=O) groups excluding carboxylic acids is 1. The third-order valence-electron chi connectivity index (χ3n) is 1.95. The number of primary amides is 1. The number of amides is 1. The van der Waals surface area contributed by atoms with Crippen molar-refractivity contribution >= 4 is 13.5 Å². The lowest BCUT2D eigenvalue weighted by Crippen LogP contribution is -2.48. The summed E-state index contributed by atoms with van der Waals surface area (Å²) in [5.41, 5.74) is 5.08. The molecule has 102 valence electrons. The predicted molar refractivity (Wildman–Crippen MR) is 63.5 cm³/mol. The Morgan fingerprint density at radius 1 is 1.41 bits per heavy atom. The van der Waals surface area contributed by atoms with E-state index < -0.39 is 25.6 Å². The van der Waals surface area contributed by atoms with Gasteiger partial charge in [0.1, 0.15) is 6.04 Å². The van der Waals surface area contributed by atoms with Gasteiger partial charge in [0.25, 0.3) is 0 Å². The summed E-state index contributed by atoms with van der Waals surface area (Å²) in [7, 11) is -3.28. The van der Waals surface area contributed by atoms with E-state index in [2.05, 4.69) is 5.32 Å². The molecule has 0 aliphatic rings. The van der Waals surface area contributed by atoms with Crippen LogP contribution in [-0.4, -0.2) is 42.7 Å². The second-order valence-electron chi connectivity index (χ2n) is 3.43. The molecule has 8 heteroatoms. The molecule has 0 aromatic rings. The Hall–Kier alpha value is -0.460. The molecule has 0 aliphatic heterocycles. The van der Waals surface area contributed by atoms with Crippen LogP contribution in [0.1, 0.15) is 20.8 Å². The Morgan fingerprint density at radius 2 is 1.88 bits per heavy atom. The van der Waals surface area contributed by atoms with Crippen molar-refractivity contribution < 1.29 is 23.5 Å². The van der Waals surface area contributed by atoms with E-state index in [4.69, 9.17) is 14.8 Å². The van der Waals surface area contributed by atoms with Crippen LogP contribution in [0.25, 0.3) is 0 Å². The summed E-state index contributed by atoms with van der Waals surface area (Å²) in [5.74, 6) is -0.723. The lowest BCUT2D eigenvalue weighted by atomic mass is 10.2. The number of hydrogen-bond donors (Lipinski definition) is 3. The standard InChI is InChI=1S/C9H21N2O5P/c1-4-15-17(14,16-5-2)6-11-8(7(3)12)9(10)13/h7-8,11-12H,4-6H2,1-3H3,(H2,10,13)/t7-,8+/m1/s1. The van der Waals surface area contributed by atoms with Crippen LogP contribution in [0.4, 0.5) is 0 Å². The van der Waals surface area contributed by atoms with Crippen LogP contribution < -0.4 is 11.1 Å². The summed E-state index contributed by atoms with van der Waals surface area (Å²) >= 11 is 0. The molecule has 0 unspecified atom stereocenters. The minimum Gasteiger partial charge on any atom is -0.391 e. The van der Waals surface area contributed by atoms with Crippen LogP contribution in [0.2, 0.25) is 0 Å². The van der Waals surface area contributed by atoms with Crippen LogP contribution >= 0.6 is 7.60 Å². The molecule has 0 radical (unpaired) electrons. The van der Waals surface area contributed by atoms with Gasteiger partial charge >= 0.3 is 7.60 Å². The summed E-state index contributed by atoms with van der Waals surface area (Å²) < 4.78 is 22.1. The second-order valence-corrected chi connectivity index (χ2v) is 5.48. The average Bonchev–Trinajstić information content (AvgIpc) is 2.17. The van der Waals surface area contributed by atoms with Gasteiger partial charge in [-0.2, -0.15) is 0 Å². The lowest BCUT2D eigenvalue weighted by Gasteiger charge is -2.22. The third-order valence-corrected chi connectivity index (χ3v) is 3.82. The fourth-order valence-corrected chi connectivity index (χ4v) is 2.71. The van der Waals surface area contributed by atoms with Gasteiger partial charge in [0, 0.05) is 0 Å². The zero-order chi connectivity index (χ0) is 13.5. The van der Waals surface area contributed by atoms with Crippen molar-refractivity contribution in [3.05, 3.63) is 0 Å². The minimum atomic E-state index is -3.28. The Morgan fingerprint density at radius 3 is 2.18 bits per heavy atom. The molecule has 7 nitrogen and oxygen atoms in total. The smallest absolute Gasteiger partial charge is 0.344 e. The van der Waals surface area contributed by atoms with Crippen molar-refractivity contribution in [2.75, 3.05) is 19.5 Å². The molecule has 0 saturated heterocycles. The SMILES string of the molecule is CCOP(=O)(CN[C@H](C(N)=O)[C@@H](C)O)OCC. The van der Waals surface area contributed by atoms with Crippen molar-refractivity contribution in [2.45, 2.75) is 32.9 Å². The van der Waals surface area contributed by atoms with E-state index in [0.29, 0.717) is 0 Å². The zero-order valence-electron chi connectivity index (χ0n) is 10.4. The zero-order valence-corrected chi connectivity index (χ0v) is 11.3. The quantitative estimate of drug-likeness (QED) is 0.509. The molecule has 0 aromatic heterocycles. The Labute approximate surface area is 101 Å². The summed E-state index contributed by atoms with van der Waals surface area (Å²) in [4.78, 5) is 11.0. The molecule has 1 amide bonds. The van der Waals surface area contributed by atoms with E-state index in [1.807, 2.05) is 0 Å². The highest BCUT2D eigenvalue weighted by molar-refractivity contribution is 7.53. The third kappa shape index (κ3) is 6.14. The van der Waals surface area contributed by atoms with Gasteiger partial charge in [-0.1, -0.05) is 0 Å². The summed E-state index contributed by atoms with van der Waals surface area (Å²) in [5, 5.41) is 11.9. The monoisotopic (exact) mass is 268 g/mol. The lowest BCUT2D eigenvalue weighted by molar-refractivity contribution is -0.122. The van der Waals surface area contributed by atoms with E-state index in [-0.39, 0.29) is 19.5 Å². The Kier molecular flexibility index (Phi) is 7.58. The number of aliphatic hydroxyl groups is 1. The highest BCUT2D eigenvalue weighted by Gasteiger charge is 2.28. The molecule has 0 saturated carbocycles. The first-order chi connectivity index (χ1) is 7.86. The second kappa shape index (κ2) is 7.79. The van der Waals surface area contributed by atoms with Crippen molar-refractivity contribution in [3.63, 3.8) is 0 Å². The summed E-state index contributed by atoms with van der Waals surface area (Å²) in [6, 6.07) is -0.982. The van der Waals surface area contributed by atoms with Crippen molar-refractivity contribution in [2.24, 2.45) is 5.73 Å². The highest BCUT2D eigenvalue weighted by Crippen LogP contribution is 2.46. The van der Waals surface area contributed by atoms with E-state index >= 15 is 0 Å². The van der Waals surface area contributed by atoms with E-state index in [1.165, 1.54) is 6.92 Å². The average molecular weight is 268 g/mol. The van der Waals surface area contributed by atoms with Crippen molar-refractivity contribution in [3.8, 4) is 0 Å². The summed E-state index contributed by atoms with van der Waals surface area (Å²) in [6.45, 7) is 5.25.